The minimum absolute atomic E-state index is 0.128. The molecule has 2 aromatic heterocycles. The lowest BCUT2D eigenvalue weighted by atomic mass is 10.1. The van der Waals surface area contributed by atoms with E-state index in [9.17, 15) is 27.2 Å². The summed E-state index contributed by atoms with van der Waals surface area (Å²) in [5, 5.41) is 5.52. The maximum Gasteiger partial charge on any atom is 0.416 e. The Morgan fingerprint density at radius 1 is 1.00 bits per heavy atom. The molecule has 3 amide bonds. The molecule has 4 aromatic rings. The zero-order valence-corrected chi connectivity index (χ0v) is 21.1. The van der Waals surface area contributed by atoms with Gasteiger partial charge in [-0.3, -0.25) is 14.6 Å². The highest BCUT2D eigenvalue weighted by Gasteiger charge is 2.32. The lowest BCUT2D eigenvalue weighted by molar-refractivity contribution is -0.137. The minimum Gasteiger partial charge on any atom is -0.323 e. The van der Waals surface area contributed by atoms with Crippen LogP contribution in [0.1, 0.15) is 27.0 Å². The van der Waals surface area contributed by atoms with Crippen molar-refractivity contribution in [2.24, 2.45) is 0 Å². The van der Waals surface area contributed by atoms with Crippen molar-refractivity contribution < 1.29 is 27.2 Å². The van der Waals surface area contributed by atoms with Gasteiger partial charge in [0.05, 0.1) is 29.7 Å². The van der Waals surface area contributed by atoms with E-state index in [4.69, 9.17) is 0 Å². The Balaban J connectivity index is 1.37. The first-order chi connectivity index (χ1) is 19.0. The molecule has 0 saturated carbocycles. The van der Waals surface area contributed by atoms with Crippen molar-refractivity contribution in [3.8, 4) is 0 Å². The molecular formula is C27H21F4N7O2. The van der Waals surface area contributed by atoms with Crippen molar-refractivity contribution in [1.82, 2.24) is 15.0 Å². The molecule has 0 saturated heterocycles. The molecule has 0 aliphatic carbocycles. The van der Waals surface area contributed by atoms with Crippen LogP contribution in [0.4, 0.5) is 51.2 Å². The molecule has 1 aliphatic heterocycles. The molecule has 3 heterocycles. The van der Waals surface area contributed by atoms with Gasteiger partial charge in [0.15, 0.2) is 0 Å². The zero-order chi connectivity index (χ0) is 28.6. The molecule has 0 atom stereocenters. The Kier molecular flexibility index (Phi) is 6.80. The number of benzene rings is 2. The van der Waals surface area contributed by atoms with E-state index in [1.807, 2.05) is 0 Å². The number of hydrogen-bond donors (Lipinski definition) is 2. The van der Waals surface area contributed by atoms with E-state index in [0.29, 0.717) is 28.4 Å². The first-order valence-electron chi connectivity index (χ1n) is 11.9. The fourth-order valence-electron chi connectivity index (χ4n) is 4.15. The number of nitrogens with one attached hydrogen (secondary N) is 2. The minimum atomic E-state index is -4.58. The third-order valence-corrected chi connectivity index (χ3v) is 6.20. The lowest BCUT2D eigenvalue weighted by Gasteiger charge is -2.35. The van der Waals surface area contributed by atoms with Crippen LogP contribution in [0.3, 0.4) is 0 Å². The van der Waals surface area contributed by atoms with Gasteiger partial charge in [-0.25, -0.2) is 14.8 Å². The normalized spacial score (nSPS) is 13.2. The summed E-state index contributed by atoms with van der Waals surface area (Å²) in [5.74, 6) is -0.786. The lowest BCUT2D eigenvalue weighted by Crippen LogP contribution is -2.46. The van der Waals surface area contributed by atoms with Crippen molar-refractivity contribution in [2.75, 3.05) is 27.5 Å². The average Bonchev–Trinajstić information content (AvgIpc) is 2.93. The van der Waals surface area contributed by atoms with Crippen molar-refractivity contribution in [1.29, 1.82) is 0 Å². The second-order valence-electron chi connectivity index (χ2n) is 9.00. The van der Waals surface area contributed by atoms with Crippen LogP contribution in [0.15, 0.2) is 67.0 Å². The summed E-state index contributed by atoms with van der Waals surface area (Å²) in [6.07, 6.45) is -1.73. The van der Waals surface area contributed by atoms with E-state index in [-0.39, 0.29) is 18.1 Å². The summed E-state index contributed by atoms with van der Waals surface area (Å²) >= 11 is 0. The monoisotopic (exact) mass is 551 g/mol. The number of aromatic nitrogens is 3. The van der Waals surface area contributed by atoms with Gasteiger partial charge in [0.2, 0.25) is 11.9 Å². The number of nitrogens with zero attached hydrogens (tertiary/aromatic N) is 5. The topological polar surface area (TPSA) is 103 Å². The molecule has 0 unspecified atom stereocenters. The van der Waals surface area contributed by atoms with Crippen LogP contribution in [-0.2, 0) is 12.7 Å². The predicted molar refractivity (Wildman–Crippen MR) is 140 cm³/mol. The molecular weight excluding hydrogens is 530 g/mol. The van der Waals surface area contributed by atoms with Gasteiger partial charge in [-0.1, -0.05) is 12.1 Å². The highest BCUT2D eigenvalue weighted by molar-refractivity contribution is 6.07. The maximum absolute atomic E-state index is 13.4. The number of halogens is 4. The van der Waals surface area contributed by atoms with Crippen molar-refractivity contribution >= 4 is 40.8 Å². The number of amides is 3. The molecule has 13 heteroatoms. The Labute approximate surface area is 225 Å². The fourth-order valence-corrected chi connectivity index (χ4v) is 4.15. The molecule has 2 N–H and O–H groups in total. The number of hydrogen-bond acceptors (Lipinski definition) is 6. The number of carbonyl (C=O) groups excluding carboxylic acids is 2. The van der Waals surface area contributed by atoms with E-state index < -0.39 is 29.6 Å². The molecule has 0 spiro atoms. The summed E-state index contributed by atoms with van der Waals surface area (Å²) < 4.78 is 52.3. The molecule has 5 rings (SSSR count). The summed E-state index contributed by atoms with van der Waals surface area (Å²) in [7, 11) is 1.55. The number of rotatable bonds is 5. The van der Waals surface area contributed by atoms with Crippen molar-refractivity contribution in [2.45, 2.75) is 19.6 Å². The zero-order valence-electron chi connectivity index (χ0n) is 21.1. The Hall–Kier alpha value is -5.07. The smallest absolute Gasteiger partial charge is 0.323 e. The molecule has 9 nitrogen and oxygen atoms in total. The molecule has 1 aliphatic rings. The van der Waals surface area contributed by atoms with Crippen LogP contribution in [-0.4, -0.2) is 33.9 Å². The highest BCUT2D eigenvalue weighted by Crippen LogP contribution is 2.34. The summed E-state index contributed by atoms with van der Waals surface area (Å²) in [6, 6.07) is 11.3. The van der Waals surface area contributed by atoms with Gasteiger partial charge in [-0.2, -0.15) is 22.5 Å². The fraction of sp³-hybridized carbons (Fsp3) is 0.148. The highest BCUT2D eigenvalue weighted by atomic mass is 19.4. The van der Waals surface area contributed by atoms with Crippen LogP contribution < -0.4 is 20.4 Å². The molecule has 40 heavy (non-hydrogen) atoms. The molecule has 204 valence electrons. The largest absolute Gasteiger partial charge is 0.416 e. The van der Waals surface area contributed by atoms with E-state index in [0.717, 1.165) is 23.8 Å². The molecule has 0 fully saturated rings. The Morgan fingerprint density at radius 3 is 2.50 bits per heavy atom. The van der Waals surface area contributed by atoms with Gasteiger partial charge in [-0.15, -0.1) is 0 Å². The van der Waals surface area contributed by atoms with Gasteiger partial charge in [-0.05, 0) is 55.0 Å². The van der Waals surface area contributed by atoms with Gasteiger partial charge in [0, 0.05) is 30.1 Å². The summed E-state index contributed by atoms with van der Waals surface area (Å²) in [6.45, 7) is 1.92. The van der Waals surface area contributed by atoms with Crippen LogP contribution in [0, 0.1) is 12.9 Å². The van der Waals surface area contributed by atoms with Crippen LogP contribution in [0.5, 0.6) is 0 Å². The first-order valence-corrected chi connectivity index (χ1v) is 11.9. The standard InChI is InChI=1S/C27H21F4N7O2/c1-15-6-7-19(34-24(39)16-4-3-5-18(10-16)27(29,30)31)11-21(15)38-14-17-12-33-25(36-23(17)37(2)26(38)40)35-20-8-9-22(28)32-13-20/h3-13H,14H2,1-2H3,(H,34,39)(H,33,35,36). The van der Waals surface area contributed by atoms with Gasteiger partial charge in [0.25, 0.3) is 5.91 Å². The molecule has 2 aromatic carbocycles. The molecule has 0 bridgehead atoms. The quantitative estimate of drug-likeness (QED) is 0.236. The van der Waals surface area contributed by atoms with Gasteiger partial charge in [0.1, 0.15) is 5.82 Å². The van der Waals surface area contributed by atoms with E-state index in [1.165, 1.54) is 34.2 Å². The number of aryl methyl sites for hydroxylation is 1. The van der Waals surface area contributed by atoms with Crippen molar-refractivity contribution in [3.63, 3.8) is 0 Å². The first kappa shape index (κ1) is 26.5. The number of anilines is 5. The van der Waals surface area contributed by atoms with Crippen molar-refractivity contribution in [3.05, 3.63) is 95.2 Å². The van der Waals surface area contributed by atoms with E-state index >= 15 is 0 Å². The molecule has 0 radical (unpaired) electrons. The summed E-state index contributed by atoms with van der Waals surface area (Å²) in [5.41, 5.74) is 1.54. The van der Waals surface area contributed by atoms with Crippen LogP contribution in [0.2, 0.25) is 0 Å². The number of urea groups is 1. The number of fused-ring (bicyclic) bond motifs is 1. The maximum atomic E-state index is 13.4. The Bertz CT molecular complexity index is 1610. The third-order valence-electron chi connectivity index (χ3n) is 6.20. The number of carbonyl (C=O) groups is 2. The number of alkyl halides is 3. The van der Waals surface area contributed by atoms with Gasteiger partial charge < -0.3 is 10.6 Å². The SMILES string of the molecule is Cc1ccc(NC(=O)c2cccc(C(F)(F)F)c2)cc1N1Cc2cnc(Nc3ccc(F)nc3)nc2N(C)C1=O. The predicted octanol–water partition coefficient (Wildman–Crippen LogP) is 5.91. The average molecular weight is 552 g/mol. The van der Waals surface area contributed by atoms with Gasteiger partial charge >= 0.3 is 12.2 Å². The third kappa shape index (κ3) is 5.39. The number of pyridine rings is 1. The van der Waals surface area contributed by atoms with E-state index in [2.05, 4.69) is 25.6 Å². The van der Waals surface area contributed by atoms with Crippen LogP contribution in [0.25, 0.3) is 0 Å². The second-order valence-corrected chi connectivity index (χ2v) is 9.00. The Morgan fingerprint density at radius 2 is 1.77 bits per heavy atom. The van der Waals surface area contributed by atoms with Crippen LogP contribution >= 0.6 is 0 Å². The second kappa shape index (κ2) is 10.2. The van der Waals surface area contributed by atoms with E-state index in [1.54, 1.807) is 38.4 Å². The summed E-state index contributed by atoms with van der Waals surface area (Å²) in [4.78, 5) is 41.2.